The summed E-state index contributed by atoms with van der Waals surface area (Å²) in [7, 11) is 0. The Kier molecular flexibility index (Phi) is 4.84. The first-order valence-corrected chi connectivity index (χ1v) is 8.37. The molecule has 0 aliphatic carbocycles. The van der Waals surface area contributed by atoms with Crippen molar-refractivity contribution in [2.75, 3.05) is 22.5 Å². The number of nitrogen functional groups attached to an aromatic ring is 1. The summed E-state index contributed by atoms with van der Waals surface area (Å²) in [5.41, 5.74) is 11.3. The van der Waals surface area contributed by atoms with E-state index < -0.39 is 0 Å². The maximum absolute atomic E-state index is 6.40. The van der Waals surface area contributed by atoms with Crippen LogP contribution >= 0.6 is 0 Å². The van der Waals surface area contributed by atoms with Gasteiger partial charge in [-0.05, 0) is 50.1 Å². The lowest BCUT2D eigenvalue weighted by Gasteiger charge is -2.24. The Morgan fingerprint density at radius 3 is 2.52 bits per heavy atom. The van der Waals surface area contributed by atoms with Crippen LogP contribution in [-0.4, -0.2) is 16.5 Å². The van der Waals surface area contributed by atoms with E-state index in [1.54, 1.807) is 6.33 Å². The Morgan fingerprint density at radius 1 is 1.04 bits per heavy atom. The van der Waals surface area contributed by atoms with Crippen molar-refractivity contribution in [3.63, 3.8) is 0 Å². The minimum atomic E-state index is 0.536. The monoisotopic (exact) mass is 333 g/mol. The van der Waals surface area contributed by atoms with Crippen LogP contribution in [0.5, 0.6) is 0 Å². The zero-order valence-electron chi connectivity index (χ0n) is 14.8. The number of anilines is 5. The van der Waals surface area contributed by atoms with Crippen molar-refractivity contribution >= 4 is 28.7 Å². The second-order valence-corrected chi connectivity index (χ2v) is 5.98. The lowest BCUT2D eigenvalue weighted by Crippen LogP contribution is -2.19. The van der Waals surface area contributed by atoms with Gasteiger partial charge in [-0.2, -0.15) is 0 Å². The number of nitrogens with two attached hydrogens (primary N) is 1. The Bertz CT molecular complexity index is 861. The summed E-state index contributed by atoms with van der Waals surface area (Å²) in [6.07, 6.45) is 1.55. The van der Waals surface area contributed by atoms with Crippen molar-refractivity contribution in [3.8, 4) is 0 Å². The molecule has 0 unspecified atom stereocenters. The molecule has 0 amide bonds. The second kappa shape index (κ2) is 7.21. The van der Waals surface area contributed by atoms with E-state index in [1.165, 1.54) is 5.56 Å². The number of aryl methyl sites for hydroxylation is 2. The van der Waals surface area contributed by atoms with Gasteiger partial charge in [0.25, 0.3) is 0 Å². The van der Waals surface area contributed by atoms with Crippen LogP contribution in [0.25, 0.3) is 0 Å². The van der Waals surface area contributed by atoms with E-state index in [2.05, 4.69) is 59.2 Å². The standard InChI is InChI=1S/C20H23N5/c1-4-25(16-8-6-5-7-9-16)20-18(21)19(22-13-23-20)24-17-12-14(2)10-11-15(17)3/h5-13H,4,21H2,1-3H3,(H,22,23,24). The molecule has 25 heavy (non-hydrogen) atoms. The van der Waals surface area contributed by atoms with E-state index in [1.807, 2.05) is 30.3 Å². The summed E-state index contributed by atoms with van der Waals surface area (Å²) in [6, 6.07) is 16.3. The molecular formula is C20H23N5. The van der Waals surface area contributed by atoms with Crippen LogP contribution in [0.2, 0.25) is 0 Å². The number of rotatable bonds is 5. The molecule has 1 aromatic heterocycles. The second-order valence-electron chi connectivity index (χ2n) is 5.98. The van der Waals surface area contributed by atoms with Crippen LogP contribution in [0.3, 0.4) is 0 Å². The molecule has 1 heterocycles. The van der Waals surface area contributed by atoms with E-state index in [4.69, 9.17) is 5.73 Å². The fraction of sp³-hybridized carbons (Fsp3) is 0.200. The molecule has 0 spiro atoms. The largest absolute Gasteiger partial charge is 0.393 e. The molecule has 0 saturated carbocycles. The summed E-state index contributed by atoms with van der Waals surface area (Å²) < 4.78 is 0. The number of nitrogens with zero attached hydrogens (tertiary/aromatic N) is 3. The minimum Gasteiger partial charge on any atom is -0.393 e. The van der Waals surface area contributed by atoms with E-state index in [-0.39, 0.29) is 0 Å². The topological polar surface area (TPSA) is 67.1 Å². The lowest BCUT2D eigenvalue weighted by molar-refractivity contribution is 0.980. The molecule has 2 aromatic carbocycles. The number of hydrogen-bond acceptors (Lipinski definition) is 5. The summed E-state index contributed by atoms with van der Waals surface area (Å²) in [6.45, 7) is 6.95. The summed E-state index contributed by atoms with van der Waals surface area (Å²) in [4.78, 5) is 10.8. The highest BCUT2D eigenvalue weighted by Gasteiger charge is 2.16. The molecule has 128 valence electrons. The zero-order chi connectivity index (χ0) is 17.8. The zero-order valence-corrected chi connectivity index (χ0v) is 14.8. The van der Waals surface area contributed by atoms with Gasteiger partial charge in [0.15, 0.2) is 11.6 Å². The van der Waals surface area contributed by atoms with Gasteiger partial charge in [0.05, 0.1) is 0 Å². The van der Waals surface area contributed by atoms with Crippen molar-refractivity contribution in [2.24, 2.45) is 0 Å². The van der Waals surface area contributed by atoms with Gasteiger partial charge in [0.1, 0.15) is 12.0 Å². The number of aromatic nitrogens is 2. The van der Waals surface area contributed by atoms with Crippen LogP contribution in [-0.2, 0) is 0 Å². The molecule has 3 rings (SSSR count). The predicted octanol–water partition coefficient (Wildman–Crippen LogP) is 4.58. The maximum atomic E-state index is 6.40. The molecule has 3 aromatic rings. The maximum Gasteiger partial charge on any atom is 0.161 e. The quantitative estimate of drug-likeness (QED) is 0.715. The molecule has 0 radical (unpaired) electrons. The van der Waals surface area contributed by atoms with Gasteiger partial charge >= 0.3 is 0 Å². The lowest BCUT2D eigenvalue weighted by atomic mass is 10.1. The normalized spacial score (nSPS) is 10.5. The van der Waals surface area contributed by atoms with Gasteiger partial charge in [0.2, 0.25) is 0 Å². The Hall–Kier alpha value is -3.08. The van der Waals surface area contributed by atoms with Crippen molar-refractivity contribution in [3.05, 3.63) is 66.0 Å². The molecule has 0 saturated heterocycles. The third kappa shape index (κ3) is 3.55. The average molecular weight is 333 g/mol. The number of nitrogens with one attached hydrogen (secondary N) is 1. The van der Waals surface area contributed by atoms with E-state index in [9.17, 15) is 0 Å². The Labute approximate surface area is 148 Å². The predicted molar refractivity (Wildman–Crippen MR) is 105 cm³/mol. The molecule has 3 N–H and O–H groups in total. The van der Waals surface area contributed by atoms with Gasteiger partial charge in [-0.1, -0.05) is 30.3 Å². The van der Waals surface area contributed by atoms with Crippen LogP contribution < -0.4 is 16.0 Å². The SMILES string of the molecule is CCN(c1ccccc1)c1ncnc(Nc2cc(C)ccc2C)c1N. The summed E-state index contributed by atoms with van der Waals surface area (Å²) in [5.74, 6) is 1.32. The third-order valence-corrected chi connectivity index (χ3v) is 4.15. The Morgan fingerprint density at radius 2 is 1.80 bits per heavy atom. The molecule has 0 aliphatic rings. The first-order valence-electron chi connectivity index (χ1n) is 8.37. The minimum absolute atomic E-state index is 0.536. The highest BCUT2D eigenvalue weighted by atomic mass is 15.2. The molecule has 0 bridgehead atoms. The van der Waals surface area contributed by atoms with Gasteiger partial charge in [-0.25, -0.2) is 9.97 Å². The third-order valence-electron chi connectivity index (χ3n) is 4.15. The summed E-state index contributed by atoms with van der Waals surface area (Å²) >= 11 is 0. The fourth-order valence-electron chi connectivity index (χ4n) is 2.76. The van der Waals surface area contributed by atoms with E-state index >= 15 is 0 Å². The Balaban J connectivity index is 1.98. The highest BCUT2D eigenvalue weighted by molar-refractivity contribution is 5.81. The number of hydrogen-bond donors (Lipinski definition) is 2. The smallest absolute Gasteiger partial charge is 0.161 e. The first-order chi connectivity index (χ1) is 12.1. The van der Waals surface area contributed by atoms with E-state index in [0.717, 1.165) is 23.5 Å². The highest BCUT2D eigenvalue weighted by Crippen LogP contribution is 2.33. The molecule has 0 aliphatic heterocycles. The van der Waals surface area contributed by atoms with Crippen molar-refractivity contribution in [1.29, 1.82) is 0 Å². The molecule has 0 atom stereocenters. The van der Waals surface area contributed by atoms with Crippen LogP contribution in [0.4, 0.5) is 28.7 Å². The molecule has 0 fully saturated rings. The van der Waals surface area contributed by atoms with Gasteiger partial charge < -0.3 is 16.0 Å². The van der Waals surface area contributed by atoms with Crippen molar-refractivity contribution < 1.29 is 0 Å². The van der Waals surface area contributed by atoms with E-state index in [0.29, 0.717) is 17.3 Å². The molecular weight excluding hydrogens is 310 g/mol. The van der Waals surface area contributed by atoms with Crippen molar-refractivity contribution in [1.82, 2.24) is 9.97 Å². The van der Waals surface area contributed by atoms with Crippen LogP contribution in [0.1, 0.15) is 18.1 Å². The number of benzene rings is 2. The van der Waals surface area contributed by atoms with Crippen LogP contribution in [0, 0.1) is 13.8 Å². The van der Waals surface area contributed by atoms with Crippen LogP contribution in [0.15, 0.2) is 54.9 Å². The van der Waals surface area contributed by atoms with Gasteiger partial charge in [-0.3, -0.25) is 0 Å². The molecule has 5 heteroatoms. The fourth-order valence-corrected chi connectivity index (χ4v) is 2.76. The summed E-state index contributed by atoms with van der Waals surface area (Å²) in [5, 5.41) is 3.35. The average Bonchev–Trinajstić information content (AvgIpc) is 2.63. The number of para-hydroxylation sites is 1. The van der Waals surface area contributed by atoms with Gasteiger partial charge in [0, 0.05) is 17.9 Å². The van der Waals surface area contributed by atoms with Crippen molar-refractivity contribution in [2.45, 2.75) is 20.8 Å². The molecule has 5 nitrogen and oxygen atoms in total. The van der Waals surface area contributed by atoms with Gasteiger partial charge in [-0.15, -0.1) is 0 Å². The first kappa shape index (κ1) is 16.8.